The van der Waals surface area contributed by atoms with Crippen molar-refractivity contribution in [3.8, 4) is 22.5 Å². The van der Waals surface area contributed by atoms with Gasteiger partial charge in [-0.15, -0.1) is 0 Å². The number of morpholine rings is 1. The van der Waals surface area contributed by atoms with E-state index in [9.17, 15) is 0 Å². The lowest BCUT2D eigenvalue weighted by Crippen LogP contribution is -2.44. The van der Waals surface area contributed by atoms with Crippen LogP contribution in [0.1, 0.15) is 6.92 Å². The second-order valence-corrected chi connectivity index (χ2v) is 9.07. The Labute approximate surface area is 182 Å². The number of hydrogen-bond acceptors (Lipinski definition) is 6. The normalized spacial score (nSPS) is 17.8. The van der Waals surface area contributed by atoms with Gasteiger partial charge in [-0.2, -0.15) is 15.3 Å². The van der Waals surface area contributed by atoms with Crippen molar-refractivity contribution in [3.63, 3.8) is 0 Å². The van der Waals surface area contributed by atoms with Gasteiger partial charge in [0.1, 0.15) is 5.82 Å². The highest BCUT2D eigenvalue weighted by molar-refractivity contribution is 14.2. The lowest BCUT2D eigenvalue weighted by atomic mass is 10.2. The lowest BCUT2D eigenvalue weighted by Gasteiger charge is -2.34. The molecule has 4 aromatic heterocycles. The average Bonchev–Trinajstić information content (AvgIpc) is 3.46. The summed E-state index contributed by atoms with van der Waals surface area (Å²) in [6.07, 6.45) is 8.06. The van der Waals surface area contributed by atoms with Gasteiger partial charge < -0.3 is 9.64 Å². The number of anilines is 1. The third-order valence-corrected chi connectivity index (χ3v) is 7.01. The minimum absolute atomic E-state index is 0.258. The molecule has 1 aliphatic heterocycles. The fraction of sp³-hybridized carbons (Fsp3) is 0.333. The molecule has 1 saturated heterocycles. The molecule has 0 amide bonds. The molecule has 0 aliphatic carbocycles. The maximum atomic E-state index is 5.63. The van der Waals surface area contributed by atoms with Crippen molar-refractivity contribution < 1.29 is 4.74 Å². The van der Waals surface area contributed by atoms with Crippen molar-refractivity contribution in [1.82, 2.24) is 33.9 Å². The fourth-order valence-corrected chi connectivity index (χ4v) is 5.23. The van der Waals surface area contributed by atoms with Gasteiger partial charge in [-0.25, -0.2) is 14.0 Å². The molecule has 1 unspecified atom stereocenters. The zero-order valence-corrected chi connectivity index (χ0v) is 19.2. The van der Waals surface area contributed by atoms with E-state index in [0.717, 1.165) is 40.5 Å². The van der Waals surface area contributed by atoms with E-state index in [0.29, 0.717) is 19.6 Å². The van der Waals surface area contributed by atoms with Crippen LogP contribution in [0.2, 0.25) is 0 Å². The van der Waals surface area contributed by atoms with E-state index in [1.165, 1.54) is 0 Å². The van der Waals surface area contributed by atoms with Gasteiger partial charge in [0.2, 0.25) is 0 Å². The number of rotatable bonds is 4. The van der Waals surface area contributed by atoms with Crippen LogP contribution in [0.25, 0.3) is 28.2 Å². The SMILES string of the molecule is C[C@@H]1COCCN1c1cc(-c2cnn(C)c2)n2ncc(-c3ccnn3PI)c2n1. The summed E-state index contributed by atoms with van der Waals surface area (Å²) in [5.74, 6) is 0.928. The summed E-state index contributed by atoms with van der Waals surface area (Å²) in [6.45, 7) is 4.38. The molecule has 11 heteroatoms. The quantitative estimate of drug-likeness (QED) is 0.303. The molecule has 0 N–H and O–H groups in total. The highest BCUT2D eigenvalue weighted by atomic mass is 127. The Balaban J connectivity index is 1.74. The van der Waals surface area contributed by atoms with E-state index in [1.807, 2.05) is 46.9 Å². The Kier molecular flexibility index (Phi) is 5.00. The second-order valence-electron chi connectivity index (χ2n) is 7.03. The van der Waals surface area contributed by atoms with Crippen LogP contribution < -0.4 is 4.90 Å². The van der Waals surface area contributed by atoms with Gasteiger partial charge in [0, 0.05) is 37.6 Å². The van der Waals surface area contributed by atoms with E-state index in [-0.39, 0.29) is 6.04 Å². The molecule has 0 aromatic carbocycles. The van der Waals surface area contributed by atoms with E-state index < -0.39 is 0 Å². The number of aryl methyl sites for hydroxylation is 1. The van der Waals surface area contributed by atoms with Crippen molar-refractivity contribution in [1.29, 1.82) is 0 Å². The van der Waals surface area contributed by atoms with Crippen LogP contribution in [-0.2, 0) is 11.8 Å². The number of aromatic nitrogens is 7. The van der Waals surface area contributed by atoms with E-state index >= 15 is 0 Å². The van der Waals surface area contributed by atoms with Gasteiger partial charge in [-0.3, -0.25) is 4.68 Å². The predicted molar refractivity (Wildman–Crippen MR) is 122 cm³/mol. The largest absolute Gasteiger partial charge is 0.377 e. The molecule has 29 heavy (non-hydrogen) atoms. The van der Waals surface area contributed by atoms with Crippen LogP contribution in [0.15, 0.2) is 36.9 Å². The Morgan fingerprint density at radius 3 is 2.86 bits per heavy atom. The van der Waals surface area contributed by atoms with E-state index in [4.69, 9.17) is 9.72 Å². The molecule has 1 aliphatic rings. The fourth-order valence-electron chi connectivity index (χ4n) is 3.68. The highest BCUT2D eigenvalue weighted by Gasteiger charge is 2.24. The molecule has 1 fully saturated rings. The van der Waals surface area contributed by atoms with Crippen molar-refractivity contribution in [3.05, 3.63) is 36.9 Å². The van der Waals surface area contributed by atoms with Crippen molar-refractivity contribution in [2.75, 3.05) is 24.7 Å². The Bertz CT molecular complexity index is 1170. The summed E-state index contributed by atoms with van der Waals surface area (Å²) in [5, 5.41) is 13.4. The van der Waals surface area contributed by atoms with Gasteiger partial charge in [0.25, 0.3) is 0 Å². The minimum Gasteiger partial charge on any atom is -0.377 e. The second kappa shape index (κ2) is 7.66. The molecule has 0 bridgehead atoms. The van der Waals surface area contributed by atoms with Gasteiger partial charge in [-0.1, -0.05) is 0 Å². The number of fused-ring (bicyclic) bond motifs is 1. The number of hydrogen-bond donors (Lipinski definition) is 0. The minimum atomic E-state index is 0.258. The molecule has 0 saturated carbocycles. The molecule has 5 rings (SSSR count). The maximum Gasteiger partial charge on any atom is 0.167 e. The molecular formula is C18H20IN8OP. The number of halogens is 1. The summed E-state index contributed by atoms with van der Waals surface area (Å²) >= 11 is 2.34. The molecule has 9 nitrogen and oxygen atoms in total. The third kappa shape index (κ3) is 3.32. The molecule has 5 heterocycles. The van der Waals surface area contributed by atoms with Crippen LogP contribution in [0, 0.1) is 0 Å². The first-order valence-corrected chi connectivity index (χ1v) is 13.3. The molecular weight excluding hydrogens is 502 g/mol. The van der Waals surface area contributed by atoms with E-state index in [2.05, 4.69) is 55.2 Å². The van der Waals surface area contributed by atoms with Gasteiger partial charge in [-0.05, 0) is 35.0 Å². The van der Waals surface area contributed by atoms with Crippen LogP contribution in [0.4, 0.5) is 5.82 Å². The van der Waals surface area contributed by atoms with E-state index in [1.54, 1.807) is 4.68 Å². The first-order valence-electron chi connectivity index (χ1n) is 9.29. The van der Waals surface area contributed by atoms with Gasteiger partial charge in [0.05, 0.1) is 55.0 Å². The molecule has 0 radical (unpaired) electrons. The predicted octanol–water partition coefficient (Wildman–Crippen LogP) is 3.01. The van der Waals surface area contributed by atoms with Crippen molar-refractivity contribution in [2.45, 2.75) is 13.0 Å². The van der Waals surface area contributed by atoms with Crippen molar-refractivity contribution in [2.24, 2.45) is 7.05 Å². The van der Waals surface area contributed by atoms with Crippen LogP contribution in [0.3, 0.4) is 0 Å². The lowest BCUT2D eigenvalue weighted by molar-refractivity contribution is 0.0985. The first kappa shape index (κ1) is 19.0. The number of ether oxygens (including phenoxy) is 1. The van der Waals surface area contributed by atoms with Crippen LogP contribution in [-0.4, -0.2) is 59.7 Å². The van der Waals surface area contributed by atoms with Crippen molar-refractivity contribution >= 4 is 39.9 Å². The number of nitrogens with zero attached hydrogens (tertiary/aromatic N) is 8. The molecule has 2 atom stereocenters. The monoisotopic (exact) mass is 522 g/mol. The van der Waals surface area contributed by atoms with Gasteiger partial charge >= 0.3 is 0 Å². The first-order chi connectivity index (χ1) is 14.2. The Morgan fingerprint density at radius 1 is 1.21 bits per heavy atom. The topological polar surface area (TPSA) is 78.3 Å². The summed E-state index contributed by atoms with van der Waals surface area (Å²) < 4.78 is 11.3. The summed E-state index contributed by atoms with van der Waals surface area (Å²) in [4.78, 5) is 7.34. The Morgan fingerprint density at radius 2 is 2.10 bits per heavy atom. The smallest absolute Gasteiger partial charge is 0.167 e. The van der Waals surface area contributed by atoms with Gasteiger partial charge in [0.15, 0.2) is 5.65 Å². The molecule has 150 valence electrons. The summed E-state index contributed by atoms with van der Waals surface area (Å²) in [7, 11) is 1.92. The van der Waals surface area contributed by atoms with Crippen LogP contribution in [0.5, 0.6) is 0 Å². The molecule has 4 aromatic rings. The standard InChI is InChI=1S/C18H20IN8OP/c1-12-11-28-6-5-25(12)17-7-16(13-8-21-24(2)10-13)26-18(23-17)14(9-22-26)15-3-4-20-27(15)29-19/h3-4,7-10,12,29H,5-6,11H2,1-2H3/t12-/m1/s1. The third-order valence-electron chi connectivity index (χ3n) is 5.12. The maximum absolute atomic E-state index is 5.63. The van der Waals surface area contributed by atoms with Crippen LogP contribution >= 0.6 is 28.4 Å². The molecule has 0 spiro atoms. The summed E-state index contributed by atoms with van der Waals surface area (Å²) in [5.41, 5.74) is 4.77. The zero-order valence-electron chi connectivity index (χ0n) is 16.0. The summed E-state index contributed by atoms with van der Waals surface area (Å²) in [6, 6.07) is 4.37. The average molecular weight is 522 g/mol. The Hall–Kier alpha value is -2.04. The highest BCUT2D eigenvalue weighted by Crippen LogP contribution is 2.34. The zero-order chi connectivity index (χ0) is 20.0.